The minimum atomic E-state index is -0.0895. The van der Waals surface area contributed by atoms with Crippen LogP contribution in [0.3, 0.4) is 0 Å². The Morgan fingerprint density at radius 2 is 2.00 bits per heavy atom. The molecule has 3 aromatic rings. The molecule has 0 saturated carbocycles. The van der Waals surface area contributed by atoms with Crippen molar-refractivity contribution in [3.8, 4) is 11.3 Å². The van der Waals surface area contributed by atoms with Gasteiger partial charge in [0, 0.05) is 17.9 Å². The van der Waals surface area contributed by atoms with Crippen molar-refractivity contribution in [1.82, 2.24) is 9.78 Å². The van der Waals surface area contributed by atoms with E-state index >= 15 is 0 Å². The van der Waals surface area contributed by atoms with Gasteiger partial charge in [-0.1, -0.05) is 36.4 Å². The summed E-state index contributed by atoms with van der Waals surface area (Å²) in [7, 11) is 0. The van der Waals surface area contributed by atoms with Crippen molar-refractivity contribution in [2.45, 2.75) is 6.92 Å². The summed E-state index contributed by atoms with van der Waals surface area (Å²) in [5.41, 5.74) is 2.64. The maximum atomic E-state index is 11.6. The standard InChI is InChI=1S/C15H11N2O/c1-11(18)17-14-10-6-5-9-13(14)15(16-17)12-7-3-2-4-8-12/h2-4,6-10H,1H3. The monoisotopic (exact) mass is 235 g/mol. The van der Waals surface area contributed by atoms with Gasteiger partial charge in [-0.2, -0.15) is 9.78 Å². The molecule has 87 valence electrons. The van der Waals surface area contributed by atoms with E-state index in [9.17, 15) is 4.79 Å². The van der Waals surface area contributed by atoms with Gasteiger partial charge in [0.25, 0.3) is 0 Å². The first-order valence-corrected chi connectivity index (χ1v) is 5.72. The van der Waals surface area contributed by atoms with Gasteiger partial charge in [-0.05, 0) is 18.2 Å². The number of fused-ring (bicyclic) bond motifs is 1. The van der Waals surface area contributed by atoms with Crippen molar-refractivity contribution in [3.63, 3.8) is 0 Å². The summed E-state index contributed by atoms with van der Waals surface area (Å²) in [6.45, 7) is 1.51. The van der Waals surface area contributed by atoms with E-state index in [1.54, 1.807) is 6.07 Å². The molecule has 0 unspecified atom stereocenters. The summed E-state index contributed by atoms with van der Waals surface area (Å²) in [6.07, 6.45) is 0. The first kappa shape index (κ1) is 10.7. The molecule has 18 heavy (non-hydrogen) atoms. The zero-order valence-electron chi connectivity index (χ0n) is 9.92. The Hall–Kier alpha value is -2.42. The fourth-order valence-corrected chi connectivity index (χ4v) is 2.05. The summed E-state index contributed by atoms with van der Waals surface area (Å²) >= 11 is 0. The normalized spacial score (nSPS) is 10.7. The van der Waals surface area contributed by atoms with E-state index in [0.717, 1.165) is 22.2 Å². The molecule has 0 aliphatic carbocycles. The number of rotatable bonds is 1. The SMILES string of the molecule is CC(=O)n1nc(-c2ccccc2)c2c[c]ccc21. The van der Waals surface area contributed by atoms with Crippen molar-refractivity contribution in [2.24, 2.45) is 0 Å². The Morgan fingerprint density at radius 1 is 1.22 bits per heavy atom. The average Bonchev–Trinajstić information content (AvgIpc) is 2.79. The van der Waals surface area contributed by atoms with Gasteiger partial charge in [-0.25, -0.2) is 0 Å². The second-order valence-corrected chi connectivity index (χ2v) is 4.09. The van der Waals surface area contributed by atoms with E-state index in [-0.39, 0.29) is 5.91 Å². The lowest BCUT2D eigenvalue weighted by Gasteiger charge is -1.95. The molecule has 0 N–H and O–H groups in total. The Balaban J connectivity index is 2.34. The molecule has 0 atom stereocenters. The van der Waals surface area contributed by atoms with Gasteiger partial charge in [-0.15, -0.1) is 0 Å². The van der Waals surface area contributed by atoms with Crippen LogP contribution in [0.15, 0.2) is 48.5 Å². The Labute approximate surface area is 105 Å². The second kappa shape index (κ2) is 4.11. The lowest BCUT2D eigenvalue weighted by Crippen LogP contribution is -2.06. The molecule has 3 nitrogen and oxygen atoms in total. The zero-order valence-corrected chi connectivity index (χ0v) is 9.92. The predicted molar refractivity (Wildman–Crippen MR) is 70.3 cm³/mol. The van der Waals surface area contributed by atoms with Gasteiger partial charge in [-0.3, -0.25) is 4.79 Å². The molecule has 0 amide bonds. The molecule has 0 fully saturated rings. The molecular weight excluding hydrogens is 224 g/mol. The lowest BCUT2D eigenvalue weighted by atomic mass is 10.1. The molecule has 0 aliphatic rings. The van der Waals surface area contributed by atoms with E-state index in [2.05, 4.69) is 11.2 Å². The van der Waals surface area contributed by atoms with Crippen molar-refractivity contribution in [3.05, 3.63) is 54.6 Å². The zero-order chi connectivity index (χ0) is 12.5. The van der Waals surface area contributed by atoms with Crippen LogP contribution >= 0.6 is 0 Å². The van der Waals surface area contributed by atoms with E-state index in [0.29, 0.717) is 0 Å². The lowest BCUT2D eigenvalue weighted by molar-refractivity contribution is 0.0927. The van der Waals surface area contributed by atoms with Gasteiger partial charge in [0.15, 0.2) is 0 Å². The van der Waals surface area contributed by atoms with Crippen LogP contribution in [0.1, 0.15) is 11.7 Å². The predicted octanol–water partition coefficient (Wildman–Crippen LogP) is 3.16. The second-order valence-electron chi connectivity index (χ2n) is 4.09. The third kappa shape index (κ3) is 1.61. The van der Waals surface area contributed by atoms with Crippen LogP contribution in [0.2, 0.25) is 0 Å². The van der Waals surface area contributed by atoms with Crippen LogP contribution < -0.4 is 0 Å². The first-order chi connectivity index (χ1) is 8.77. The van der Waals surface area contributed by atoms with Gasteiger partial charge in [0.05, 0.1) is 5.52 Å². The highest BCUT2D eigenvalue weighted by molar-refractivity contribution is 5.98. The highest BCUT2D eigenvalue weighted by Crippen LogP contribution is 2.27. The van der Waals surface area contributed by atoms with Crippen LogP contribution in [0.4, 0.5) is 0 Å². The Morgan fingerprint density at radius 3 is 2.72 bits per heavy atom. The topological polar surface area (TPSA) is 34.9 Å². The highest BCUT2D eigenvalue weighted by atomic mass is 16.2. The van der Waals surface area contributed by atoms with Crippen LogP contribution in [0.25, 0.3) is 22.2 Å². The molecule has 0 saturated heterocycles. The summed E-state index contributed by atoms with van der Waals surface area (Å²) in [5, 5.41) is 5.35. The number of nitrogens with zero attached hydrogens (tertiary/aromatic N) is 2. The molecule has 0 spiro atoms. The summed E-state index contributed by atoms with van der Waals surface area (Å²) in [6, 6.07) is 18.4. The van der Waals surface area contributed by atoms with Gasteiger partial charge >= 0.3 is 0 Å². The van der Waals surface area contributed by atoms with Gasteiger partial charge < -0.3 is 0 Å². The fraction of sp³-hybridized carbons (Fsp3) is 0.0667. The van der Waals surface area contributed by atoms with Crippen molar-refractivity contribution < 1.29 is 4.79 Å². The molecule has 1 aromatic heterocycles. The third-order valence-corrected chi connectivity index (χ3v) is 2.87. The summed E-state index contributed by atoms with van der Waals surface area (Å²) in [5.74, 6) is -0.0895. The van der Waals surface area contributed by atoms with Crippen molar-refractivity contribution >= 4 is 16.8 Å². The molecule has 1 radical (unpaired) electrons. The van der Waals surface area contributed by atoms with E-state index < -0.39 is 0 Å². The van der Waals surface area contributed by atoms with Crippen LogP contribution in [0, 0.1) is 6.07 Å². The molecule has 1 heterocycles. The van der Waals surface area contributed by atoms with E-state index in [1.165, 1.54) is 11.6 Å². The van der Waals surface area contributed by atoms with Crippen LogP contribution in [0.5, 0.6) is 0 Å². The largest absolute Gasteiger partial charge is 0.273 e. The van der Waals surface area contributed by atoms with E-state index in [4.69, 9.17) is 0 Å². The number of hydrogen-bond donors (Lipinski definition) is 0. The van der Waals surface area contributed by atoms with Gasteiger partial charge in [0.2, 0.25) is 5.91 Å². The third-order valence-electron chi connectivity index (χ3n) is 2.87. The molecule has 0 bridgehead atoms. The quantitative estimate of drug-likeness (QED) is 0.649. The smallest absolute Gasteiger partial charge is 0.244 e. The number of benzene rings is 2. The number of carbonyl (C=O) groups is 1. The minimum Gasteiger partial charge on any atom is -0.273 e. The summed E-state index contributed by atoms with van der Waals surface area (Å²) < 4.78 is 1.44. The molecule has 3 heteroatoms. The van der Waals surface area contributed by atoms with Gasteiger partial charge in [0.1, 0.15) is 5.69 Å². The van der Waals surface area contributed by atoms with Crippen molar-refractivity contribution in [2.75, 3.05) is 0 Å². The van der Waals surface area contributed by atoms with Crippen LogP contribution in [-0.4, -0.2) is 15.7 Å². The molecule has 2 aromatic carbocycles. The van der Waals surface area contributed by atoms with Crippen molar-refractivity contribution in [1.29, 1.82) is 0 Å². The fourth-order valence-electron chi connectivity index (χ4n) is 2.05. The maximum absolute atomic E-state index is 11.6. The summed E-state index contributed by atoms with van der Waals surface area (Å²) in [4.78, 5) is 11.6. The maximum Gasteiger partial charge on any atom is 0.244 e. The Kier molecular flexibility index (Phi) is 2.45. The minimum absolute atomic E-state index is 0.0895. The van der Waals surface area contributed by atoms with E-state index in [1.807, 2.05) is 42.5 Å². The molecule has 0 aliphatic heterocycles. The number of hydrogen-bond acceptors (Lipinski definition) is 2. The number of aromatic nitrogens is 2. The number of carbonyl (C=O) groups excluding carboxylic acids is 1. The van der Waals surface area contributed by atoms with Crippen LogP contribution in [-0.2, 0) is 0 Å². The Bertz CT molecular complexity index is 714. The first-order valence-electron chi connectivity index (χ1n) is 5.72. The molecule has 3 rings (SSSR count). The average molecular weight is 235 g/mol. The molecular formula is C15H11N2O. The highest BCUT2D eigenvalue weighted by Gasteiger charge is 2.13.